The maximum atomic E-state index is 14.3. The summed E-state index contributed by atoms with van der Waals surface area (Å²) in [4.78, 5) is 54.5. The highest BCUT2D eigenvalue weighted by molar-refractivity contribution is 5.89. The Kier molecular flexibility index (Phi) is 11.2. The van der Waals surface area contributed by atoms with Gasteiger partial charge in [-0.15, -0.1) is 0 Å². The number of carbonyl (C=O) groups excluding carboxylic acids is 4. The van der Waals surface area contributed by atoms with E-state index in [1.54, 1.807) is 78.8 Å². The monoisotopic (exact) mass is 837 g/mol. The van der Waals surface area contributed by atoms with Gasteiger partial charge in [-0.2, -0.15) is 0 Å². The van der Waals surface area contributed by atoms with Crippen molar-refractivity contribution in [2.45, 2.75) is 140 Å². The van der Waals surface area contributed by atoms with E-state index in [9.17, 15) is 34.5 Å². The van der Waals surface area contributed by atoms with Crippen molar-refractivity contribution in [3.8, 4) is 0 Å². The van der Waals surface area contributed by atoms with Gasteiger partial charge >= 0.3 is 24.0 Å². The molecule has 1 aromatic heterocycles. The van der Waals surface area contributed by atoms with Crippen LogP contribution >= 0.6 is 0 Å². The van der Waals surface area contributed by atoms with Crippen LogP contribution in [0.5, 0.6) is 0 Å². The van der Waals surface area contributed by atoms with Crippen molar-refractivity contribution < 1.29 is 72.1 Å². The first-order chi connectivity index (χ1) is 28.1. The molecule has 326 valence electrons. The van der Waals surface area contributed by atoms with Crippen molar-refractivity contribution in [1.82, 2.24) is 5.32 Å². The Labute approximate surface area is 348 Å². The van der Waals surface area contributed by atoms with Gasteiger partial charge in [0.2, 0.25) is 0 Å². The average molecular weight is 838 g/mol. The fraction of sp³-hybridized carbons (Fsp3) is 0.591. The molecule has 7 rings (SSSR count). The number of nitrogens with one attached hydrogen (secondary N) is 1. The molecule has 3 heterocycles. The average Bonchev–Trinajstić information content (AvgIpc) is 3.86. The minimum atomic E-state index is -2.20. The number of ether oxygens (including phenoxy) is 7. The smallest absolute Gasteiger partial charge is 0.408 e. The first-order valence-corrected chi connectivity index (χ1v) is 20.1. The van der Waals surface area contributed by atoms with E-state index in [0.29, 0.717) is 11.1 Å². The molecule has 16 heteroatoms. The normalized spacial score (nSPS) is 36.3. The molecule has 3 aliphatic carbocycles. The zero-order valence-corrected chi connectivity index (χ0v) is 35.0. The second kappa shape index (κ2) is 15.4. The molecule has 5 aliphatic rings. The molecule has 60 heavy (non-hydrogen) atoms. The first kappa shape index (κ1) is 43.5. The number of aliphatic hydroxyl groups excluding tert-OH is 2. The Balaban J connectivity index is 1.38. The number of amides is 1. The summed E-state index contributed by atoms with van der Waals surface area (Å²) in [7, 11) is 0. The van der Waals surface area contributed by atoms with Crippen LogP contribution in [0.1, 0.15) is 90.4 Å². The molecule has 1 amide bonds. The van der Waals surface area contributed by atoms with Crippen molar-refractivity contribution in [3.05, 3.63) is 83.9 Å². The topological polar surface area (TPSA) is 219 Å². The standard InChI is InChI=1S/C44H55NO15/c1-10-29-56-33-30-22(2)26(55-38(50)32(48)31(25-17-14-18-53-25)45-39(51)60-40(4,5)6)20-44(52,41(30,7)8)36(58-37(49)24-15-12-11-13-16-24)34-42(9,35(33)57-29)27(47)19-28-43(34,21-54-28)59-23(3)46/h10-18,26-29,31-36,47-48,52H,1,19-21H2,2-9H3,(H,45,51)/t26-,27-,28+,29?,31-,32+,33+,34-,35+,36-,42+,43-,44+/m0/s1. The Bertz CT molecular complexity index is 2020. The highest BCUT2D eigenvalue weighted by Gasteiger charge is 2.79. The number of hydrogen-bond donors (Lipinski definition) is 4. The van der Waals surface area contributed by atoms with E-state index in [4.69, 9.17) is 37.6 Å². The van der Waals surface area contributed by atoms with Gasteiger partial charge in [0, 0.05) is 30.6 Å². The van der Waals surface area contributed by atoms with Crippen molar-refractivity contribution in [3.63, 3.8) is 0 Å². The second-order valence-corrected chi connectivity index (χ2v) is 18.2. The van der Waals surface area contributed by atoms with Gasteiger partial charge < -0.3 is 58.2 Å². The molecule has 4 N–H and O–H groups in total. The summed E-state index contributed by atoms with van der Waals surface area (Å²) in [5.74, 6) is -3.88. The van der Waals surface area contributed by atoms with Crippen LogP contribution in [0, 0.1) is 16.7 Å². The number of fused-ring (bicyclic) bond motifs is 8. The van der Waals surface area contributed by atoms with Crippen LogP contribution in [-0.4, -0.2) is 112 Å². The van der Waals surface area contributed by atoms with Crippen molar-refractivity contribution >= 4 is 24.0 Å². The number of alkyl carbamates (subject to hydrolysis) is 1. The van der Waals surface area contributed by atoms with Crippen LogP contribution < -0.4 is 5.32 Å². The molecule has 1 aromatic carbocycles. The van der Waals surface area contributed by atoms with Crippen molar-refractivity contribution in [2.75, 3.05) is 6.61 Å². The zero-order chi connectivity index (χ0) is 43.7. The number of furan rings is 1. The minimum absolute atomic E-state index is 0.0110. The van der Waals surface area contributed by atoms with Gasteiger partial charge in [0.25, 0.3) is 0 Å². The summed E-state index contributed by atoms with van der Waals surface area (Å²) < 4.78 is 48.9. The van der Waals surface area contributed by atoms with Crippen molar-refractivity contribution in [2.24, 2.45) is 16.7 Å². The lowest BCUT2D eigenvalue weighted by Gasteiger charge is -2.68. The quantitative estimate of drug-likeness (QED) is 0.158. The summed E-state index contributed by atoms with van der Waals surface area (Å²) in [6.45, 7) is 16.9. The number of aliphatic hydroxyl groups is 3. The van der Waals surface area contributed by atoms with Gasteiger partial charge in [-0.3, -0.25) is 4.79 Å². The number of hydrogen-bond acceptors (Lipinski definition) is 15. The fourth-order valence-corrected chi connectivity index (χ4v) is 10.3. The minimum Gasteiger partial charge on any atom is -0.467 e. The SMILES string of the molecule is C=CC1O[C@@H]2C3=C(C)[C@@H](OC(=O)[C@H](O)[C@@H](NC(=O)OC(C)(C)C)c4ccco4)C[C@@](O)([C@@H](OC(=O)c4ccccc4)[C@@H]4[C@]5(OC(C)=O)CO[C@@H]5C[C@H](O)[C@@]4(C)[C@@H]2O1)C3(C)C. The molecular formula is C44H55NO15. The van der Waals surface area contributed by atoms with Crippen molar-refractivity contribution in [1.29, 1.82) is 0 Å². The number of benzene rings is 1. The van der Waals surface area contributed by atoms with E-state index in [2.05, 4.69) is 11.9 Å². The van der Waals surface area contributed by atoms with Crippen LogP contribution in [0.15, 0.2) is 76.9 Å². The highest BCUT2D eigenvalue weighted by Crippen LogP contribution is 2.66. The predicted molar refractivity (Wildman–Crippen MR) is 209 cm³/mol. The summed E-state index contributed by atoms with van der Waals surface area (Å²) in [5.41, 5.74) is -6.51. The van der Waals surface area contributed by atoms with E-state index in [0.717, 1.165) is 0 Å². The summed E-state index contributed by atoms with van der Waals surface area (Å²) in [6, 6.07) is 9.65. The third kappa shape index (κ3) is 7.04. The molecule has 2 aromatic rings. The van der Waals surface area contributed by atoms with Gasteiger partial charge in [0.15, 0.2) is 18.0 Å². The van der Waals surface area contributed by atoms with E-state index in [1.807, 2.05) is 0 Å². The third-order valence-electron chi connectivity index (χ3n) is 13.2. The van der Waals surface area contributed by atoms with Gasteiger partial charge in [-0.25, -0.2) is 14.4 Å². The Morgan fingerprint density at radius 3 is 2.32 bits per heavy atom. The Morgan fingerprint density at radius 1 is 1.03 bits per heavy atom. The largest absolute Gasteiger partial charge is 0.467 e. The number of esters is 3. The van der Waals surface area contributed by atoms with Gasteiger partial charge in [0.1, 0.15) is 47.4 Å². The first-order valence-electron chi connectivity index (χ1n) is 20.1. The van der Waals surface area contributed by atoms with Crippen LogP contribution in [0.25, 0.3) is 0 Å². The molecular weight excluding hydrogens is 782 g/mol. The molecule has 0 spiro atoms. The summed E-state index contributed by atoms with van der Waals surface area (Å²) in [6.07, 6.45) is -8.79. The molecule has 2 saturated carbocycles. The Hall–Kier alpha value is -4.58. The summed E-state index contributed by atoms with van der Waals surface area (Å²) in [5, 5.41) is 40.1. The number of rotatable bonds is 9. The molecule has 13 atom stereocenters. The molecule has 2 saturated heterocycles. The lowest BCUT2D eigenvalue weighted by atomic mass is 9.44. The van der Waals surface area contributed by atoms with Crippen LogP contribution in [0.4, 0.5) is 4.79 Å². The van der Waals surface area contributed by atoms with Crippen LogP contribution in [0.3, 0.4) is 0 Å². The van der Waals surface area contributed by atoms with Gasteiger partial charge in [0.05, 0.1) is 36.6 Å². The van der Waals surface area contributed by atoms with Gasteiger partial charge in [-0.05, 0) is 69.2 Å². The fourth-order valence-electron chi connectivity index (χ4n) is 10.3. The molecule has 2 aliphatic heterocycles. The third-order valence-corrected chi connectivity index (χ3v) is 13.2. The summed E-state index contributed by atoms with van der Waals surface area (Å²) >= 11 is 0. The maximum absolute atomic E-state index is 14.3. The van der Waals surface area contributed by atoms with E-state index < -0.39 is 119 Å². The highest BCUT2D eigenvalue weighted by atomic mass is 16.7. The maximum Gasteiger partial charge on any atom is 0.408 e. The molecule has 2 bridgehead atoms. The Morgan fingerprint density at radius 2 is 1.73 bits per heavy atom. The van der Waals surface area contributed by atoms with Gasteiger partial charge in [-0.1, -0.05) is 45.5 Å². The van der Waals surface area contributed by atoms with E-state index >= 15 is 0 Å². The number of carbonyl (C=O) groups is 4. The molecule has 4 fully saturated rings. The lowest BCUT2D eigenvalue weighted by Crippen LogP contribution is -2.82. The van der Waals surface area contributed by atoms with Crippen LogP contribution in [-0.2, 0) is 42.7 Å². The predicted octanol–water partition coefficient (Wildman–Crippen LogP) is 4.22. The second-order valence-electron chi connectivity index (χ2n) is 18.2. The molecule has 16 nitrogen and oxygen atoms in total. The lowest BCUT2D eigenvalue weighted by molar-refractivity contribution is -0.361. The zero-order valence-electron chi connectivity index (χ0n) is 35.0. The van der Waals surface area contributed by atoms with E-state index in [-0.39, 0.29) is 24.4 Å². The molecule has 0 radical (unpaired) electrons. The molecule has 1 unspecified atom stereocenters. The van der Waals surface area contributed by atoms with Crippen LogP contribution in [0.2, 0.25) is 0 Å². The van der Waals surface area contributed by atoms with E-state index in [1.165, 1.54) is 31.4 Å².